The fraction of sp³-hybridized carbons (Fsp3) is 0.333. The van der Waals surface area contributed by atoms with Crippen LogP contribution >= 0.6 is 0 Å². The van der Waals surface area contributed by atoms with Gasteiger partial charge in [0.25, 0.3) is 0 Å². The number of phenols is 1. The second-order valence-corrected chi connectivity index (χ2v) is 4.92. The van der Waals surface area contributed by atoms with Crippen LogP contribution < -0.4 is 4.90 Å². The topological polar surface area (TPSA) is 23.5 Å². The van der Waals surface area contributed by atoms with E-state index in [-0.39, 0.29) is 0 Å². The first-order valence-electron chi connectivity index (χ1n) is 5.82. The van der Waals surface area contributed by atoms with Crippen LogP contribution in [-0.4, -0.2) is 19.2 Å². The highest BCUT2D eigenvalue weighted by molar-refractivity contribution is 5.93. The van der Waals surface area contributed by atoms with Crippen LogP contribution in [0.25, 0.3) is 10.8 Å². The van der Waals surface area contributed by atoms with Gasteiger partial charge in [-0.1, -0.05) is 6.07 Å². The predicted octanol–water partition coefficient (Wildman–Crippen LogP) is 3.54. The number of rotatable bonds is 1. The number of hydrogen-bond donors (Lipinski definition) is 1. The highest BCUT2D eigenvalue weighted by atomic mass is 16.3. The van der Waals surface area contributed by atoms with Crippen molar-refractivity contribution in [3.8, 4) is 5.75 Å². The smallest absolute Gasteiger partial charge is 0.126 e. The quantitative estimate of drug-likeness (QED) is 0.808. The highest BCUT2D eigenvalue weighted by Crippen LogP contribution is 2.34. The van der Waals surface area contributed by atoms with Gasteiger partial charge in [0.05, 0.1) is 0 Å². The van der Waals surface area contributed by atoms with Crippen LogP contribution in [0.5, 0.6) is 5.75 Å². The molecule has 0 saturated carbocycles. The number of fused-ring (bicyclic) bond motifs is 1. The van der Waals surface area contributed by atoms with Crippen molar-refractivity contribution in [3.63, 3.8) is 0 Å². The predicted molar refractivity (Wildman–Crippen MR) is 74.2 cm³/mol. The van der Waals surface area contributed by atoms with Crippen molar-refractivity contribution in [1.82, 2.24) is 0 Å². The Bertz CT molecular complexity index is 585. The molecule has 2 aromatic carbocycles. The third-order valence-electron chi connectivity index (χ3n) is 3.42. The molecule has 0 spiro atoms. The van der Waals surface area contributed by atoms with Crippen molar-refractivity contribution in [2.75, 3.05) is 19.0 Å². The average molecular weight is 229 g/mol. The molecule has 0 radical (unpaired) electrons. The largest absolute Gasteiger partial charge is 0.507 e. The van der Waals surface area contributed by atoms with Gasteiger partial charge < -0.3 is 10.0 Å². The van der Waals surface area contributed by atoms with Crippen molar-refractivity contribution < 1.29 is 5.11 Å². The Labute approximate surface area is 102 Å². The zero-order chi connectivity index (χ0) is 12.7. The Morgan fingerprint density at radius 1 is 0.941 bits per heavy atom. The van der Waals surface area contributed by atoms with Crippen LogP contribution in [0.15, 0.2) is 18.2 Å². The van der Waals surface area contributed by atoms with Crippen LogP contribution in [0.3, 0.4) is 0 Å². The van der Waals surface area contributed by atoms with Gasteiger partial charge in [0.2, 0.25) is 0 Å². The fourth-order valence-electron chi connectivity index (χ4n) is 2.26. The van der Waals surface area contributed by atoms with Crippen molar-refractivity contribution in [2.45, 2.75) is 20.8 Å². The van der Waals surface area contributed by atoms with Gasteiger partial charge in [-0.2, -0.15) is 0 Å². The molecule has 2 aromatic rings. The van der Waals surface area contributed by atoms with E-state index in [2.05, 4.69) is 30.0 Å². The Kier molecular flexibility index (Phi) is 2.74. The lowest BCUT2D eigenvalue weighted by molar-refractivity contribution is 0.477. The summed E-state index contributed by atoms with van der Waals surface area (Å²) in [6.45, 7) is 6.09. The summed E-state index contributed by atoms with van der Waals surface area (Å²) in [4.78, 5) is 2.07. The summed E-state index contributed by atoms with van der Waals surface area (Å²) in [6, 6.07) is 6.33. The summed E-state index contributed by atoms with van der Waals surface area (Å²) in [5.41, 5.74) is 4.47. The molecule has 0 aliphatic heterocycles. The molecule has 0 atom stereocenters. The minimum absolute atomic E-state index is 0.406. The van der Waals surface area contributed by atoms with E-state index in [1.54, 1.807) is 0 Å². The number of anilines is 1. The Morgan fingerprint density at radius 3 is 2.12 bits per heavy atom. The van der Waals surface area contributed by atoms with E-state index in [0.29, 0.717) is 5.75 Å². The second-order valence-electron chi connectivity index (χ2n) is 4.92. The van der Waals surface area contributed by atoms with Gasteiger partial charge in [0.1, 0.15) is 5.75 Å². The van der Waals surface area contributed by atoms with Crippen LogP contribution in [0.1, 0.15) is 16.7 Å². The highest BCUT2D eigenvalue weighted by Gasteiger charge is 2.10. The van der Waals surface area contributed by atoms with Gasteiger partial charge in [-0.25, -0.2) is 0 Å². The molecule has 0 aliphatic rings. The third kappa shape index (κ3) is 1.84. The molecule has 0 fully saturated rings. The lowest BCUT2D eigenvalue weighted by Gasteiger charge is -2.18. The minimum atomic E-state index is 0.406. The van der Waals surface area contributed by atoms with Crippen molar-refractivity contribution >= 4 is 16.5 Å². The van der Waals surface area contributed by atoms with Gasteiger partial charge in [-0.05, 0) is 55.0 Å². The first-order valence-corrected chi connectivity index (χ1v) is 5.82. The number of phenolic OH excluding ortho intramolecular Hbond substituents is 1. The van der Waals surface area contributed by atoms with E-state index in [0.717, 1.165) is 27.6 Å². The zero-order valence-corrected chi connectivity index (χ0v) is 11.1. The number of aromatic hydroxyl groups is 1. The lowest BCUT2D eigenvalue weighted by Crippen LogP contribution is -2.10. The Balaban J connectivity index is 2.85. The normalized spacial score (nSPS) is 10.9. The molecule has 0 aliphatic carbocycles. The first-order chi connectivity index (χ1) is 7.91. The summed E-state index contributed by atoms with van der Waals surface area (Å²) in [5.74, 6) is 0.406. The monoisotopic (exact) mass is 229 g/mol. The number of hydrogen-bond acceptors (Lipinski definition) is 2. The molecule has 2 heteroatoms. The van der Waals surface area contributed by atoms with Crippen LogP contribution in [0, 0.1) is 20.8 Å². The third-order valence-corrected chi connectivity index (χ3v) is 3.42. The number of aryl methyl sites for hydroxylation is 2. The molecule has 1 N–H and O–H groups in total. The maximum absolute atomic E-state index is 10.2. The van der Waals surface area contributed by atoms with Gasteiger partial charge in [0, 0.05) is 25.2 Å². The molecule has 0 aromatic heterocycles. The molecule has 0 bridgehead atoms. The SMILES string of the molecule is Cc1cc2cc(C)c(C)c(O)c2cc1N(C)C. The summed E-state index contributed by atoms with van der Waals surface area (Å²) >= 11 is 0. The maximum Gasteiger partial charge on any atom is 0.126 e. The number of benzene rings is 2. The van der Waals surface area contributed by atoms with E-state index in [1.807, 2.05) is 27.9 Å². The summed E-state index contributed by atoms with van der Waals surface area (Å²) in [7, 11) is 4.04. The molecular weight excluding hydrogens is 210 g/mol. The number of nitrogens with zero attached hydrogens (tertiary/aromatic N) is 1. The Morgan fingerprint density at radius 2 is 1.53 bits per heavy atom. The van der Waals surface area contributed by atoms with Gasteiger partial charge in [-0.3, -0.25) is 0 Å². The van der Waals surface area contributed by atoms with Gasteiger partial charge in [-0.15, -0.1) is 0 Å². The molecule has 2 nitrogen and oxygen atoms in total. The summed E-state index contributed by atoms with van der Waals surface area (Å²) in [6.07, 6.45) is 0. The van der Waals surface area contributed by atoms with Crippen LogP contribution in [-0.2, 0) is 0 Å². The van der Waals surface area contributed by atoms with Crippen LogP contribution in [0.2, 0.25) is 0 Å². The molecule has 0 unspecified atom stereocenters. The van der Waals surface area contributed by atoms with E-state index >= 15 is 0 Å². The molecular formula is C15H19NO. The summed E-state index contributed by atoms with van der Waals surface area (Å²) < 4.78 is 0. The minimum Gasteiger partial charge on any atom is -0.507 e. The second kappa shape index (κ2) is 3.95. The average Bonchev–Trinajstić information content (AvgIpc) is 2.25. The molecule has 0 saturated heterocycles. The van der Waals surface area contributed by atoms with Gasteiger partial charge >= 0.3 is 0 Å². The fourth-order valence-corrected chi connectivity index (χ4v) is 2.26. The van der Waals surface area contributed by atoms with E-state index in [1.165, 1.54) is 5.56 Å². The van der Waals surface area contributed by atoms with Crippen molar-refractivity contribution in [2.24, 2.45) is 0 Å². The van der Waals surface area contributed by atoms with Crippen molar-refractivity contribution in [1.29, 1.82) is 0 Å². The summed E-state index contributed by atoms with van der Waals surface area (Å²) in [5, 5.41) is 12.3. The molecule has 0 heterocycles. The zero-order valence-electron chi connectivity index (χ0n) is 11.1. The van der Waals surface area contributed by atoms with E-state index < -0.39 is 0 Å². The maximum atomic E-state index is 10.2. The molecule has 90 valence electrons. The van der Waals surface area contributed by atoms with Crippen LogP contribution in [0.4, 0.5) is 5.69 Å². The lowest BCUT2D eigenvalue weighted by atomic mass is 9.98. The van der Waals surface area contributed by atoms with E-state index in [9.17, 15) is 5.11 Å². The standard InChI is InChI=1S/C15H19NO/c1-9-6-12-7-10(2)14(16(4)5)8-13(12)15(17)11(9)3/h6-8,17H,1-5H3. The molecule has 0 amide bonds. The van der Waals surface area contributed by atoms with Crippen molar-refractivity contribution in [3.05, 3.63) is 34.9 Å². The first kappa shape index (κ1) is 11.8. The Hall–Kier alpha value is -1.70. The van der Waals surface area contributed by atoms with E-state index in [4.69, 9.17) is 0 Å². The molecule has 17 heavy (non-hydrogen) atoms. The molecule has 2 rings (SSSR count). The van der Waals surface area contributed by atoms with Gasteiger partial charge in [0.15, 0.2) is 0 Å².